The summed E-state index contributed by atoms with van der Waals surface area (Å²) in [4.78, 5) is 24.2. The van der Waals surface area contributed by atoms with E-state index < -0.39 is 0 Å². The van der Waals surface area contributed by atoms with Crippen LogP contribution in [0.1, 0.15) is 5.56 Å². The fourth-order valence-electron chi connectivity index (χ4n) is 1.89. The maximum absolute atomic E-state index is 11.8. The molecule has 0 aliphatic carbocycles. The molecule has 3 amide bonds. The first-order valence-corrected chi connectivity index (χ1v) is 6.32. The van der Waals surface area contributed by atoms with Gasteiger partial charge in [0.15, 0.2) is 0 Å². The number of carbonyl (C=O) groups is 2. The maximum atomic E-state index is 11.8. The van der Waals surface area contributed by atoms with Gasteiger partial charge in [-0.15, -0.1) is 11.3 Å². The van der Waals surface area contributed by atoms with Crippen LogP contribution in [0, 0.1) is 0 Å². The zero-order chi connectivity index (χ0) is 12.7. The Morgan fingerprint density at radius 1 is 1.28 bits per heavy atom. The van der Waals surface area contributed by atoms with Gasteiger partial charge in [-0.3, -0.25) is 9.69 Å². The molecule has 1 saturated heterocycles. The first-order chi connectivity index (χ1) is 8.66. The van der Waals surface area contributed by atoms with Crippen molar-refractivity contribution in [3.63, 3.8) is 0 Å². The third-order valence-corrected chi connectivity index (χ3v) is 3.87. The average molecular weight is 258 g/mol. The predicted octanol–water partition coefficient (Wildman–Crippen LogP) is 2.42. The SMILES string of the molecule is CN1C(=O)N/C(=C\c2csc3ccccc23)C1=O. The van der Waals surface area contributed by atoms with Crippen LogP contribution >= 0.6 is 11.3 Å². The first-order valence-electron chi connectivity index (χ1n) is 5.44. The van der Waals surface area contributed by atoms with Crippen LogP contribution in [0.15, 0.2) is 35.3 Å². The number of thiophene rings is 1. The van der Waals surface area contributed by atoms with E-state index in [-0.39, 0.29) is 11.9 Å². The highest BCUT2D eigenvalue weighted by atomic mass is 32.1. The van der Waals surface area contributed by atoms with Gasteiger partial charge < -0.3 is 5.32 Å². The minimum Gasteiger partial charge on any atom is -0.303 e. The molecule has 1 aliphatic heterocycles. The molecule has 0 saturated carbocycles. The molecular weight excluding hydrogens is 248 g/mol. The van der Waals surface area contributed by atoms with Gasteiger partial charge in [-0.1, -0.05) is 18.2 Å². The molecular formula is C13H10N2O2S. The van der Waals surface area contributed by atoms with Gasteiger partial charge in [0, 0.05) is 11.7 Å². The number of rotatable bonds is 1. The summed E-state index contributed by atoms with van der Waals surface area (Å²) < 4.78 is 1.16. The number of likely N-dealkylation sites (N-methyl/N-ethyl adjacent to an activating group) is 1. The van der Waals surface area contributed by atoms with E-state index in [1.54, 1.807) is 17.4 Å². The molecule has 0 atom stereocenters. The fraction of sp³-hybridized carbons (Fsp3) is 0.0769. The number of fused-ring (bicyclic) bond motifs is 1. The Balaban J connectivity index is 2.07. The number of benzene rings is 1. The molecule has 1 aromatic heterocycles. The number of hydrogen-bond acceptors (Lipinski definition) is 3. The van der Waals surface area contributed by atoms with Gasteiger partial charge in [-0.2, -0.15) is 0 Å². The van der Waals surface area contributed by atoms with Crippen molar-refractivity contribution < 1.29 is 9.59 Å². The molecule has 1 N–H and O–H groups in total. The summed E-state index contributed by atoms with van der Waals surface area (Å²) in [7, 11) is 1.46. The largest absolute Gasteiger partial charge is 0.328 e. The molecule has 0 unspecified atom stereocenters. The first kappa shape index (κ1) is 11.0. The van der Waals surface area contributed by atoms with Crippen molar-refractivity contribution in [1.82, 2.24) is 10.2 Å². The van der Waals surface area contributed by atoms with Crippen molar-refractivity contribution >= 4 is 39.4 Å². The second-order valence-corrected chi connectivity index (χ2v) is 4.95. The molecule has 0 radical (unpaired) electrons. The zero-order valence-electron chi connectivity index (χ0n) is 9.64. The van der Waals surface area contributed by atoms with Gasteiger partial charge >= 0.3 is 6.03 Å². The summed E-state index contributed by atoms with van der Waals surface area (Å²) in [6, 6.07) is 7.59. The van der Waals surface area contributed by atoms with Crippen LogP contribution in [-0.2, 0) is 4.79 Å². The summed E-state index contributed by atoms with van der Waals surface area (Å²) in [5.41, 5.74) is 1.28. The lowest BCUT2D eigenvalue weighted by atomic mass is 10.1. The monoisotopic (exact) mass is 258 g/mol. The molecule has 0 spiro atoms. The number of hydrogen-bond donors (Lipinski definition) is 1. The lowest BCUT2D eigenvalue weighted by Gasteiger charge is -1.99. The highest BCUT2D eigenvalue weighted by molar-refractivity contribution is 7.17. The number of nitrogens with one attached hydrogen (secondary N) is 1. The molecule has 2 heterocycles. The molecule has 1 fully saturated rings. The van der Waals surface area contributed by atoms with Crippen LogP contribution in [0.3, 0.4) is 0 Å². The van der Waals surface area contributed by atoms with Gasteiger partial charge in [-0.25, -0.2) is 4.79 Å². The molecule has 1 aromatic carbocycles. The summed E-state index contributed by atoms with van der Waals surface area (Å²) in [5.74, 6) is -0.296. The van der Waals surface area contributed by atoms with E-state index in [0.29, 0.717) is 5.70 Å². The highest BCUT2D eigenvalue weighted by Crippen LogP contribution is 2.27. The smallest absolute Gasteiger partial charge is 0.303 e. The van der Waals surface area contributed by atoms with E-state index in [2.05, 4.69) is 5.32 Å². The quantitative estimate of drug-likeness (QED) is 0.631. The number of amides is 3. The third-order valence-electron chi connectivity index (χ3n) is 2.89. The van der Waals surface area contributed by atoms with Crippen LogP contribution in [0.5, 0.6) is 0 Å². The van der Waals surface area contributed by atoms with Crippen LogP contribution in [0.4, 0.5) is 4.79 Å². The Kier molecular flexibility index (Phi) is 2.41. The van der Waals surface area contributed by atoms with Gasteiger partial charge in [-0.05, 0) is 28.5 Å². The van der Waals surface area contributed by atoms with Gasteiger partial charge in [0.25, 0.3) is 5.91 Å². The Labute approximate surface area is 108 Å². The van der Waals surface area contributed by atoms with E-state index in [1.807, 2.05) is 29.6 Å². The maximum Gasteiger partial charge on any atom is 0.328 e. The summed E-state index contributed by atoms with van der Waals surface area (Å²) in [6.07, 6.45) is 1.72. The third kappa shape index (κ3) is 1.60. The number of carbonyl (C=O) groups excluding carboxylic acids is 2. The molecule has 1 aliphatic rings. The normalized spacial score (nSPS) is 17.8. The molecule has 4 nitrogen and oxygen atoms in total. The van der Waals surface area contributed by atoms with Crippen molar-refractivity contribution in [2.45, 2.75) is 0 Å². The molecule has 0 bridgehead atoms. The summed E-state index contributed by atoms with van der Waals surface area (Å²) in [5, 5.41) is 5.63. The van der Waals surface area contributed by atoms with E-state index in [1.165, 1.54) is 7.05 Å². The number of nitrogens with zero attached hydrogens (tertiary/aromatic N) is 1. The highest BCUT2D eigenvalue weighted by Gasteiger charge is 2.30. The van der Waals surface area contributed by atoms with Gasteiger partial charge in [0.05, 0.1) is 0 Å². The second kappa shape index (κ2) is 3.96. The van der Waals surface area contributed by atoms with E-state index in [4.69, 9.17) is 0 Å². The summed E-state index contributed by atoms with van der Waals surface area (Å²) in [6.45, 7) is 0. The van der Waals surface area contributed by atoms with Crippen molar-refractivity contribution in [3.05, 3.63) is 40.9 Å². The van der Waals surface area contributed by atoms with Crippen molar-refractivity contribution in [1.29, 1.82) is 0 Å². The van der Waals surface area contributed by atoms with Gasteiger partial charge in [0.1, 0.15) is 5.70 Å². The topological polar surface area (TPSA) is 49.4 Å². The number of urea groups is 1. The lowest BCUT2D eigenvalue weighted by Crippen LogP contribution is -2.25. The minimum atomic E-state index is -0.384. The Bertz CT molecular complexity index is 687. The van der Waals surface area contributed by atoms with Crippen molar-refractivity contribution in [2.24, 2.45) is 0 Å². The number of imide groups is 1. The van der Waals surface area contributed by atoms with Gasteiger partial charge in [0.2, 0.25) is 0 Å². The molecule has 5 heteroatoms. The van der Waals surface area contributed by atoms with E-state index in [9.17, 15) is 9.59 Å². The molecule has 3 rings (SSSR count). The van der Waals surface area contributed by atoms with Crippen LogP contribution < -0.4 is 5.32 Å². The molecule has 18 heavy (non-hydrogen) atoms. The van der Waals surface area contributed by atoms with E-state index >= 15 is 0 Å². The average Bonchev–Trinajstić information content (AvgIpc) is 2.89. The van der Waals surface area contributed by atoms with E-state index in [0.717, 1.165) is 20.5 Å². The minimum absolute atomic E-state index is 0.296. The lowest BCUT2D eigenvalue weighted by molar-refractivity contribution is -0.121. The molecule has 2 aromatic rings. The van der Waals surface area contributed by atoms with Crippen LogP contribution in [0.25, 0.3) is 16.2 Å². The Hall–Kier alpha value is -2.14. The predicted molar refractivity (Wildman–Crippen MR) is 71.1 cm³/mol. The van der Waals surface area contributed by atoms with Crippen LogP contribution in [0.2, 0.25) is 0 Å². The van der Waals surface area contributed by atoms with Crippen molar-refractivity contribution in [3.8, 4) is 0 Å². The Morgan fingerprint density at radius 2 is 2.06 bits per heavy atom. The van der Waals surface area contributed by atoms with Crippen molar-refractivity contribution in [2.75, 3.05) is 7.05 Å². The second-order valence-electron chi connectivity index (χ2n) is 4.04. The summed E-state index contributed by atoms with van der Waals surface area (Å²) >= 11 is 1.62. The zero-order valence-corrected chi connectivity index (χ0v) is 10.5. The standard InChI is InChI=1S/C13H10N2O2S/c1-15-12(16)10(14-13(15)17)6-8-7-18-11-5-3-2-4-9(8)11/h2-7H,1H3,(H,14,17)/b10-6-. The fourth-order valence-corrected chi connectivity index (χ4v) is 2.81. The van der Waals surface area contributed by atoms with Crippen LogP contribution in [-0.4, -0.2) is 23.9 Å². The molecule has 90 valence electrons. The Morgan fingerprint density at radius 3 is 2.78 bits per heavy atom.